The summed E-state index contributed by atoms with van der Waals surface area (Å²) in [5.74, 6) is -0.508. The van der Waals surface area contributed by atoms with Gasteiger partial charge in [0, 0.05) is 19.4 Å². The second-order valence-electron chi connectivity index (χ2n) is 15.9. The Kier molecular flexibility index (Phi) is 49.6. The van der Waals surface area contributed by atoms with Gasteiger partial charge in [-0.1, -0.05) is 186 Å². The molecule has 0 aromatic carbocycles. The smallest absolute Gasteiger partial charge is 0.306 e. The number of carbonyl (C=O) groups excluding carboxylic acids is 2. The Labute approximate surface area is 393 Å². The largest absolute Gasteiger partial charge is 0.462 e. The molecule has 0 saturated heterocycles. The molecule has 0 radical (unpaired) electrons. The lowest BCUT2D eigenvalue weighted by atomic mass is 10.1. The SMILES string of the molecule is CC/C=C\C/C=C\C/C=C\C/C=C\C/C=C\CCCCCCOCC(COC(=O)CCCC/C=C\C/C=C\C/C=C\C/C=C\CC)OC(=O)CCCCC/C=C\C/C=C\C/C=C\CC. The molecule has 0 saturated carbocycles. The van der Waals surface area contributed by atoms with E-state index in [4.69, 9.17) is 14.2 Å². The van der Waals surface area contributed by atoms with E-state index in [1.165, 1.54) is 0 Å². The van der Waals surface area contributed by atoms with Crippen molar-refractivity contribution in [2.24, 2.45) is 0 Å². The maximum atomic E-state index is 12.8. The van der Waals surface area contributed by atoms with Crippen LogP contribution in [0.3, 0.4) is 0 Å². The number of rotatable bonds is 44. The molecule has 0 aliphatic heterocycles. The molecule has 5 heteroatoms. The lowest BCUT2D eigenvalue weighted by Gasteiger charge is -2.18. The van der Waals surface area contributed by atoms with Crippen LogP contribution in [-0.2, 0) is 23.8 Å². The summed E-state index contributed by atoms with van der Waals surface area (Å²) in [6.07, 6.45) is 77.2. The van der Waals surface area contributed by atoms with Gasteiger partial charge in [0.1, 0.15) is 6.61 Å². The lowest BCUT2D eigenvalue weighted by Crippen LogP contribution is -2.30. The normalized spacial score (nSPS) is 13.5. The van der Waals surface area contributed by atoms with Crippen LogP contribution in [0.4, 0.5) is 0 Å². The summed E-state index contributed by atoms with van der Waals surface area (Å²) in [5.41, 5.74) is 0. The highest BCUT2D eigenvalue weighted by atomic mass is 16.6. The number of carbonyl (C=O) groups is 2. The third-order valence-electron chi connectivity index (χ3n) is 9.85. The molecule has 0 bridgehead atoms. The molecule has 0 rings (SSSR count). The zero-order chi connectivity index (χ0) is 46.3. The van der Waals surface area contributed by atoms with Gasteiger partial charge in [-0.3, -0.25) is 9.59 Å². The van der Waals surface area contributed by atoms with Crippen molar-refractivity contribution in [3.05, 3.63) is 146 Å². The van der Waals surface area contributed by atoms with Crippen LogP contribution in [0.25, 0.3) is 0 Å². The maximum absolute atomic E-state index is 12.8. The van der Waals surface area contributed by atoms with Gasteiger partial charge in [-0.25, -0.2) is 0 Å². The fourth-order valence-corrected chi connectivity index (χ4v) is 6.19. The quantitative estimate of drug-likeness (QED) is 0.0347. The number of unbranched alkanes of at least 4 members (excludes halogenated alkanes) is 9. The van der Waals surface area contributed by atoms with Gasteiger partial charge in [-0.2, -0.15) is 0 Å². The zero-order valence-electron chi connectivity index (χ0n) is 41.0. The lowest BCUT2D eigenvalue weighted by molar-refractivity contribution is -0.163. The van der Waals surface area contributed by atoms with Gasteiger partial charge < -0.3 is 14.2 Å². The molecule has 0 heterocycles. The van der Waals surface area contributed by atoms with E-state index in [-0.39, 0.29) is 25.2 Å². The Balaban J connectivity index is 4.45. The second-order valence-corrected chi connectivity index (χ2v) is 15.9. The third-order valence-corrected chi connectivity index (χ3v) is 9.85. The summed E-state index contributed by atoms with van der Waals surface area (Å²) < 4.78 is 17.3. The predicted molar refractivity (Wildman–Crippen MR) is 278 cm³/mol. The molecule has 0 fully saturated rings. The second kappa shape index (κ2) is 53.1. The molecule has 0 aromatic rings. The average molecular weight is 881 g/mol. The van der Waals surface area contributed by atoms with Gasteiger partial charge in [-0.15, -0.1) is 0 Å². The first-order valence-electron chi connectivity index (χ1n) is 25.4. The fourth-order valence-electron chi connectivity index (χ4n) is 6.19. The Morgan fingerprint density at radius 2 is 0.656 bits per heavy atom. The number of ether oxygens (including phenoxy) is 3. The summed E-state index contributed by atoms with van der Waals surface area (Å²) in [6.45, 7) is 7.32. The van der Waals surface area contributed by atoms with Crippen molar-refractivity contribution in [3.8, 4) is 0 Å². The van der Waals surface area contributed by atoms with Gasteiger partial charge in [0.05, 0.1) is 6.61 Å². The van der Waals surface area contributed by atoms with E-state index in [9.17, 15) is 9.59 Å². The Hall–Kier alpha value is -4.22. The molecule has 0 aliphatic rings. The van der Waals surface area contributed by atoms with E-state index in [0.29, 0.717) is 19.4 Å². The number of esters is 2. The topological polar surface area (TPSA) is 61.8 Å². The van der Waals surface area contributed by atoms with Gasteiger partial charge in [0.2, 0.25) is 0 Å². The Morgan fingerprint density at radius 3 is 1.06 bits per heavy atom. The van der Waals surface area contributed by atoms with Crippen molar-refractivity contribution in [1.82, 2.24) is 0 Å². The average Bonchev–Trinajstić information content (AvgIpc) is 3.30. The zero-order valence-corrected chi connectivity index (χ0v) is 41.0. The van der Waals surface area contributed by atoms with Crippen molar-refractivity contribution in [2.75, 3.05) is 19.8 Å². The van der Waals surface area contributed by atoms with Crippen LogP contribution in [0, 0.1) is 0 Å². The fraction of sp³-hybridized carbons (Fsp3) is 0.559. The molecule has 0 aromatic heterocycles. The number of hydrogen-bond acceptors (Lipinski definition) is 5. The number of hydrogen-bond donors (Lipinski definition) is 0. The molecule has 0 spiro atoms. The molecule has 1 atom stereocenters. The monoisotopic (exact) mass is 881 g/mol. The van der Waals surface area contributed by atoms with E-state index >= 15 is 0 Å². The molecular weight excluding hydrogens is 789 g/mol. The molecule has 64 heavy (non-hydrogen) atoms. The highest BCUT2D eigenvalue weighted by Crippen LogP contribution is 2.10. The van der Waals surface area contributed by atoms with Crippen LogP contribution in [0.1, 0.15) is 188 Å². The van der Waals surface area contributed by atoms with Gasteiger partial charge >= 0.3 is 11.9 Å². The minimum atomic E-state index is -0.593. The van der Waals surface area contributed by atoms with E-state index < -0.39 is 6.10 Å². The van der Waals surface area contributed by atoms with Crippen LogP contribution in [0.2, 0.25) is 0 Å². The van der Waals surface area contributed by atoms with Crippen LogP contribution in [-0.4, -0.2) is 37.9 Å². The molecule has 0 N–H and O–H groups in total. The number of allylic oxidation sites excluding steroid dienone is 24. The Morgan fingerprint density at radius 1 is 0.344 bits per heavy atom. The highest BCUT2D eigenvalue weighted by Gasteiger charge is 2.17. The van der Waals surface area contributed by atoms with Crippen molar-refractivity contribution in [1.29, 1.82) is 0 Å². The van der Waals surface area contributed by atoms with Crippen LogP contribution >= 0.6 is 0 Å². The minimum absolute atomic E-state index is 0.0306. The maximum Gasteiger partial charge on any atom is 0.306 e. The van der Waals surface area contributed by atoms with Gasteiger partial charge in [0.15, 0.2) is 6.10 Å². The van der Waals surface area contributed by atoms with Gasteiger partial charge in [0.25, 0.3) is 0 Å². The molecular formula is C59H92O5. The van der Waals surface area contributed by atoms with Gasteiger partial charge in [-0.05, 0) is 135 Å². The van der Waals surface area contributed by atoms with Crippen LogP contribution < -0.4 is 0 Å². The summed E-state index contributed by atoms with van der Waals surface area (Å²) in [5, 5.41) is 0. The summed E-state index contributed by atoms with van der Waals surface area (Å²) >= 11 is 0. The molecule has 358 valence electrons. The molecule has 1 unspecified atom stereocenters. The first kappa shape index (κ1) is 59.8. The standard InChI is InChI=1S/C59H92O5/c1-4-7-10-13-16-19-22-25-27-28-29-30-31-33-36-39-42-45-48-51-54-62-55-57(64-59(61)53-50-47-44-41-38-34-24-21-18-15-12-9-6-3)56-63-58(60)52-49-46-43-40-37-35-32-26-23-20-17-14-11-8-5-2/h7-12,16-21,25-27,29-30,32-34,36-38,40,57H,4-6,13-15,22-24,28,31,35,39,41-56H2,1-3H3/b10-7-,11-8-,12-9-,19-16-,20-17-,21-18-,27-25-,30-29-,32-26-,36-33-,38-34-,40-37-. The van der Waals surface area contributed by atoms with E-state index in [2.05, 4.69) is 167 Å². The van der Waals surface area contributed by atoms with Crippen molar-refractivity contribution in [3.63, 3.8) is 0 Å². The first-order valence-corrected chi connectivity index (χ1v) is 25.4. The van der Waals surface area contributed by atoms with Crippen molar-refractivity contribution < 1.29 is 23.8 Å². The molecule has 0 aliphatic carbocycles. The summed E-state index contributed by atoms with van der Waals surface area (Å²) in [6, 6.07) is 0. The predicted octanol–water partition coefficient (Wildman–Crippen LogP) is 17.3. The van der Waals surface area contributed by atoms with Crippen molar-refractivity contribution in [2.45, 2.75) is 194 Å². The van der Waals surface area contributed by atoms with Crippen LogP contribution in [0.15, 0.2) is 146 Å². The first-order chi connectivity index (χ1) is 31.6. The summed E-state index contributed by atoms with van der Waals surface area (Å²) in [7, 11) is 0. The minimum Gasteiger partial charge on any atom is -0.462 e. The van der Waals surface area contributed by atoms with Crippen LogP contribution in [0.5, 0.6) is 0 Å². The Bertz CT molecular complexity index is 1410. The van der Waals surface area contributed by atoms with Crippen molar-refractivity contribution >= 4 is 11.9 Å². The third kappa shape index (κ3) is 50.4. The summed E-state index contributed by atoms with van der Waals surface area (Å²) in [4.78, 5) is 25.4. The molecule has 0 amide bonds. The van der Waals surface area contributed by atoms with E-state index in [0.717, 1.165) is 154 Å². The molecule has 5 nitrogen and oxygen atoms in total. The highest BCUT2D eigenvalue weighted by molar-refractivity contribution is 5.70. The van der Waals surface area contributed by atoms with E-state index in [1.807, 2.05) is 0 Å². The van der Waals surface area contributed by atoms with E-state index in [1.54, 1.807) is 0 Å².